The Labute approximate surface area is 159 Å². The van der Waals surface area contributed by atoms with Crippen LogP contribution in [0.2, 0.25) is 5.02 Å². The quantitative estimate of drug-likeness (QED) is 0.843. The molecule has 2 aromatic rings. The molecule has 1 heterocycles. The first kappa shape index (κ1) is 19.6. The van der Waals surface area contributed by atoms with Gasteiger partial charge in [0.05, 0.1) is 0 Å². The lowest BCUT2D eigenvalue weighted by Crippen LogP contribution is -2.30. The number of hydrogen-bond donors (Lipinski definition) is 1. The predicted octanol–water partition coefficient (Wildman–Crippen LogP) is 4.24. The third-order valence-electron chi connectivity index (χ3n) is 4.20. The van der Waals surface area contributed by atoms with Crippen LogP contribution in [0.15, 0.2) is 48.5 Å². The van der Waals surface area contributed by atoms with Gasteiger partial charge in [0.15, 0.2) is 0 Å². The van der Waals surface area contributed by atoms with E-state index in [1.807, 2.05) is 48.3 Å². The number of likely N-dealkylation sites (tertiary alicyclic amines) is 1. The summed E-state index contributed by atoms with van der Waals surface area (Å²) in [7, 11) is 1.95. The van der Waals surface area contributed by atoms with Crippen molar-refractivity contribution >= 4 is 29.9 Å². The van der Waals surface area contributed by atoms with Gasteiger partial charge in [0, 0.05) is 23.7 Å². The maximum absolute atomic E-state index is 12.6. The van der Waals surface area contributed by atoms with Crippen molar-refractivity contribution in [3.8, 4) is 11.5 Å². The highest BCUT2D eigenvalue weighted by Gasteiger charge is 2.26. The van der Waals surface area contributed by atoms with Crippen LogP contribution in [0.5, 0.6) is 11.5 Å². The summed E-state index contributed by atoms with van der Waals surface area (Å²) in [4.78, 5) is 14.5. The molecule has 1 aliphatic rings. The molecule has 2 aromatic carbocycles. The van der Waals surface area contributed by atoms with Crippen LogP contribution in [0.25, 0.3) is 0 Å². The summed E-state index contributed by atoms with van der Waals surface area (Å²) in [5.74, 6) is 1.99. The van der Waals surface area contributed by atoms with Crippen LogP contribution in [-0.2, 0) is 0 Å². The lowest BCUT2D eigenvalue weighted by atomic mass is 10.1. The van der Waals surface area contributed by atoms with Crippen LogP contribution >= 0.6 is 24.0 Å². The van der Waals surface area contributed by atoms with E-state index in [1.54, 1.807) is 12.1 Å². The highest BCUT2D eigenvalue weighted by molar-refractivity contribution is 6.30. The number of amides is 1. The number of carbonyl (C=O) groups is 1. The number of rotatable bonds is 5. The molecule has 134 valence electrons. The third kappa shape index (κ3) is 5.11. The summed E-state index contributed by atoms with van der Waals surface area (Å²) < 4.78 is 5.75. The van der Waals surface area contributed by atoms with E-state index < -0.39 is 0 Å². The van der Waals surface area contributed by atoms with Crippen LogP contribution in [0.3, 0.4) is 0 Å². The molecule has 1 unspecified atom stereocenters. The number of ether oxygens (including phenoxy) is 1. The lowest BCUT2D eigenvalue weighted by molar-refractivity contribution is 0.0787. The Hall–Kier alpha value is -1.75. The zero-order chi connectivity index (χ0) is 16.9. The molecule has 1 saturated heterocycles. The minimum absolute atomic E-state index is 0. The normalized spacial score (nSPS) is 16.4. The number of halogens is 2. The van der Waals surface area contributed by atoms with E-state index in [0.717, 1.165) is 26.1 Å². The Morgan fingerprint density at radius 1 is 1.24 bits per heavy atom. The van der Waals surface area contributed by atoms with E-state index >= 15 is 0 Å². The highest BCUT2D eigenvalue weighted by Crippen LogP contribution is 2.25. The van der Waals surface area contributed by atoms with Gasteiger partial charge in [-0.15, -0.1) is 12.4 Å². The largest absolute Gasteiger partial charge is 0.457 e. The molecule has 0 radical (unpaired) electrons. The fourth-order valence-corrected chi connectivity index (χ4v) is 3.17. The van der Waals surface area contributed by atoms with Crippen molar-refractivity contribution in [2.75, 3.05) is 26.7 Å². The average molecular weight is 381 g/mol. The van der Waals surface area contributed by atoms with Crippen molar-refractivity contribution in [2.24, 2.45) is 5.92 Å². The summed E-state index contributed by atoms with van der Waals surface area (Å²) in [6.07, 6.45) is 1.06. The van der Waals surface area contributed by atoms with Gasteiger partial charge in [-0.1, -0.05) is 17.7 Å². The summed E-state index contributed by atoms with van der Waals surface area (Å²) in [5, 5.41) is 3.81. The number of nitrogens with one attached hydrogen (secondary N) is 1. The molecule has 1 fully saturated rings. The summed E-state index contributed by atoms with van der Waals surface area (Å²) in [6, 6.07) is 14.5. The van der Waals surface area contributed by atoms with Gasteiger partial charge in [-0.3, -0.25) is 4.79 Å². The molecular weight excluding hydrogens is 359 g/mol. The number of hydrogen-bond acceptors (Lipinski definition) is 3. The fourth-order valence-electron chi connectivity index (χ4n) is 2.99. The zero-order valence-electron chi connectivity index (χ0n) is 14.1. The van der Waals surface area contributed by atoms with E-state index in [4.69, 9.17) is 16.3 Å². The molecule has 6 heteroatoms. The van der Waals surface area contributed by atoms with Gasteiger partial charge in [-0.05, 0) is 68.4 Å². The Bertz CT molecular complexity index is 707. The summed E-state index contributed by atoms with van der Waals surface area (Å²) in [5.41, 5.74) is 0.693. The van der Waals surface area contributed by atoms with E-state index in [1.165, 1.54) is 0 Å². The third-order valence-corrected chi connectivity index (χ3v) is 4.43. The van der Waals surface area contributed by atoms with E-state index in [2.05, 4.69) is 5.32 Å². The Kier molecular flexibility index (Phi) is 7.12. The lowest BCUT2D eigenvalue weighted by Gasteiger charge is -2.17. The first-order chi connectivity index (χ1) is 11.7. The van der Waals surface area contributed by atoms with Gasteiger partial charge in [-0.25, -0.2) is 0 Å². The van der Waals surface area contributed by atoms with E-state index in [0.29, 0.717) is 28.0 Å². The van der Waals surface area contributed by atoms with Gasteiger partial charge >= 0.3 is 0 Å². The molecule has 3 rings (SSSR count). The van der Waals surface area contributed by atoms with Gasteiger partial charge < -0.3 is 15.0 Å². The van der Waals surface area contributed by atoms with Crippen LogP contribution < -0.4 is 10.1 Å². The SMILES string of the molecule is CNCC1CCN(C(=O)c2ccc(Oc3cccc(Cl)c3)cc2)C1.Cl. The number of benzene rings is 2. The highest BCUT2D eigenvalue weighted by atomic mass is 35.5. The van der Waals surface area contributed by atoms with Crippen LogP contribution in [-0.4, -0.2) is 37.5 Å². The van der Waals surface area contributed by atoms with Gasteiger partial charge in [-0.2, -0.15) is 0 Å². The van der Waals surface area contributed by atoms with Gasteiger partial charge in [0.1, 0.15) is 11.5 Å². The second-order valence-corrected chi connectivity index (χ2v) is 6.48. The van der Waals surface area contributed by atoms with Crippen molar-refractivity contribution < 1.29 is 9.53 Å². The minimum Gasteiger partial charge on any atom is -0.457 e. The topological polar surface area (TPSA) is 41.6 Å². The minimum atomic E-state index is 0. The smallest absolute Gasteiger partial charge is 0.253 e. The van der Waals surface area contributed by atoms with Crippen molar-refractivity contribution in [2.45, 2.75) is 6.42 Å². The molecule has 0 aromatic heterocycles. The molecule has 0 aliphatic carbocycles. The van der Waals surface area contributed by atoms with Crippen LogP contribution in [0.1, 0.15) is 16.8 Å². The van der Waals surface area contributed by atoms with Crippen LogP contribution in [0.4, 0.5) is 0 Å². The monoisotopic (exact) mass is 380 g/mol. The molecule has 1 aliphatic heterocycles. The van der Waals surface area contributed by atoms with Crippen molar-refractivity contribution in [1.82, 2.24) is 10.2 Å². The maximum atomic E-state index is 12.6. The Morgan fingerprint density at radius 3 is 2.68 bits per heavy atom. The molecule has 25 heavy (non-hydrogen) atoms. The first-order valence-corrected chi connectivity index (χ1v) is 8.51. The Morgan fingerprint density at radius 2 is 2.00 bits per heavy atom. The maximum Gasteiger partial charge on any atom is 0.253 e. The summed E-state index contributed by atoms with van der Waals surface area (Å²) >= 11 is 5.95. The fraction of sp³-hybridized carbons (Fsp3) is 0.316. The first-order valence-electron chi connectivity index (χ1n) is 8.13. The molecule has 0 spiro atoms. The second kappa shape index (κ2) is 9.09. The zero-order valence-corrected chi connectivity index (χ0v) is 15.6. The van der Waals surface area contributed by atoms with E-state index in [9.17, 15) is 4.79 Å². The number of nitrogens with zero attached hydrogens (tertiary/aromatic N) is 1. The second-order valence-electron chi connectivity index (χ2n) is 6.05. The predicted molar refractivity (Wildman–Crippen MR) is 103 cm³/mol. The molecular formula is C19H22Cl2N2O2. The van der Waals surface area contributed by atoms with Crippen LogP contribution in [0, 0.1) is 5.92 Å². The molecule has 4 nitrogen and oxygen atoms in total. The Balaban J connectivity index is 0.00000225. The van der Waals surface area contributed by atoms with E-state index in [-0.39, 0.29) is 18.3 Å². The molecule has 0 bridgehead atoms. The van der Waals surface area contributed by atoms with Gasteiger partial charge in [0.2, 0.25) is 0 Å². The standard InChI is InChI=1S/C19H21ClN2O2.ClH/c1-21-12-14-9-10-22(13-14)19(23)15-5-7-17(8-6-15)24-18-4-2-3-16(20)11-18;/h2-8,11,14,21H,9-10,12-13H2,1H3;1H. The molecule has 1 atom stereocenters. The summed E-state index contributed by atoms with van der Waals surface area (Å²) in [6.45, 7) is 2.60. The average Bonchev–Trinajstić information content (AvgIpc) is 3.04. The molecule has 0 saturated carbocycles. The molecule has 1 N–H and O–H groups in total. The van der Waals surface area contributed by atoms with Gasteiger partial charge in [0.25, 0.3) is 5.91 Å². The number of carbonyl (C=O) groups excluding carboxylic acids is 1. The molecule has 1 amide bonds. The van der Waals surface area contributed by atoms with Crippen molar-refractivity contribution in [3.63, 3.8) is 0 Å². The van der Waals surface area contributed by atoms with Crippen molar-refractivity contribution in [1.29, 1.82) is 0 Å². The van der Waals surface area contributed by atoms with Crippen molar-refractivity contribution in [3.05, 3.63) is 59.1 Å².